The average Bonchev–Trinajstić information content (AvgIpc) is 2.77. The van der Waals surface area contributed by atoms with E-state index in [9.17, 15) is 40.2 Å². The summed E-state index contributed by atoms with van der Waals surface area (Å²) in [5, 5.41) is 60.2. The second-order valence-electron chi connectivity index (χ2n) is 7.86. The van der Waals surface area contributed by atoms with Crippen molar-refractivity contribution in [2.75, 3.05) is 6.61 Å². The Morgan fingerprint density at radius 2 is 1.56 bits per heavy atom. The number of benzene rings is 2. The minimum atomic E-state index is -1.71. The maximum atomic E-state index is 12.6. The van der Waals surface area contributed by atoms with E-state index in [-0.39, 0.29) is 23.5 Å². The summed E-state index contributed by atoms with van der Waals surface area (Å²) in [5.74, 6) is -2.43. The van der Waals surface area contributed by atoms with Crippen LogP contribution in [0, 0.1) is 0 Å². The third kappa shape index (κ3) is 5.94. The van der Waals surface area contributed by atoms with Crippen LogP contribution in [0.25, 0.3) is 0 Å². The monoisotopic (exact) mass is 478 g/mol. The van der Waals surface area contributed by atoms with Crippen molar-refractivity contribution in [1.29, 1.82) is 0 Å². The van der Waals surface area contributed by atoms with Crippen LogP contribution in [-0.2, 0) is 20.7 Å². The third-order valence-corrected chi connectivity index (χ3v) is 5.30. The van der Waals surface area contributed by atoms with Gasteiger partial charge in [-0.2, -0.15) is 0 Å². The summed E-state index contributed by atoms with van der Waals surface area (Å²) in [6.45, 7) is 0.735. The normalized spacial score (nSPS) is 24.4. The van der Waals surface area contributed by atoms with Crippen molar-refractivity contribution in [2.45, 2.75) is 50.5 Å². The molecule has 0 bridgehead atoms. The summed E-state index contributed by atoms with van der Waals surface area (Å²) in [6.07, 6.45) is -7.45. The molecule has 3 rings (SSSR count). The fourth-order valence-corrected chi connectivity index (χ4v) is 3.47. The summed E-state index contributed by atoms with van der Waals surface area (Å²) >= 11 is 0. The van der Waals surface area contributed by atoms with Crippen molar-refractivity contribution in [2.24, 2.45) is 0 Å². The number of hydrogen-bond donors (Lipinski definition) is 6. The van der Waals surface area contributed by atoms with Crippen LogP contribution < -0.4 is 4.74 Å². The Hall–Kier alpha value is -3.38. The number of carbonyl (C=O) groups is 2. The Morgan fingerprint density at radius 1 is 0.941 bits per heavy atom. The molecular formula is C23H26O11. The van der Waals surface area contributed by atoms with Gasteiger partial charge in [0.1, 0.15) is 59.6 Å². The van der Waals surface area contributed by atoms with Crippen LogP contribution >= 0.6 is 0 Å². The molecule has 0 radical (unpaired) electrons. The summed E-state index contributed by atoms with van der Waals surface area (Å²) < 4.78 is 15.6. The third-order valence-electron chi connectivity index (χ3n) is 5.30. The molecule has 1 aliphatic heterocycles. The van der Waals surface area contributed by atoms with Gasteiger partial charge < -0.3 is 44.8 Å². The number of hydrogen-bond acceptors (Lipinski definition) is 11. The number of ketones is 1. The predicted molar refractivity (Wildman–Crippen MR) is 114 cm³/mol. The lowest BCUT2D eigenvalue weighted by Gasteiger charge is -2.39. The van der Waals surface area contributed by atoms with Crippen LogP contribution in [-0.4, -0.2) is 79.7 Å². The largest absolute Gasteiger partial charge is 0.508 e. The molecular weight excluding hydrogens is 452 g/mol. The van der Waals surface area contributed by atoms with E-state index < -0.39 is 60.6 Å². The topological polar surface area (TPSA) is 183 Å². The fraction of sp³-hybridized carbons (Fsp3) is 0.391. The van der Waals surface area contributed by atoms with Gasteiger partial charge in [0.25, 0.3) is 0 Å². The molecule has 1 fully saturated rings. The van der Waals surface area contributed by atoms with Gasteiger partial charge >= 0.3 is 5.97 Å². The second-order valence-corrected chi connectivity index (χ2v) is 7.86. The van der Waals surface area contributed by atoms with Crippen LogP contribution in [0.3, 0.4) is 0 Å². The molecule has 1 saturated heterocycles. The minimum absolute atomic E-state index is 0.0293. The lowest BCUT2D eigenvalue weighted by Crippen LogP contribution is -2.60. The van der Waals surface area contributed by atoms with E-state index in [2.05, 4.69) is 0 Å². The van der Waals surface area contributed by atoms with Gasteiger partial charge in [0.05, 0.1) is 0 Å². The van der Waals surface area contributed by atoms with Crippen LogP contribution in [0.15, 0.2) is 36.4 Å². The zero-order valence-electron chi connectivity index (χ0n) is 18.2. The Bertz CT molecular complexity index is 997. The Morgan fingerprint density at radius 3 is 2.15 bits per heavy atom. The Kier molecular flexibility index (Phi) is 7.94. The van der Waals surface area contributed by atoms with Crippen molar-refractivity contribution in [3.8, 4) is 23.0 Å². The molecule has 0 saturated carbocycles. The molecule has 0 unspecified atom stereocenters. The van der Waals surface area contributed by atoms with E-state index in [1.807, 2.05) is 0 Å². The first-order chi connectivity index (χ1) is 16.1. The molecule has 0 amide bonds. The maximum Gasteiger partial charge on any atom is 0.302 e. The number of esters is 1. The van der Waals surface area contributed by atoms with E-state index in [0.29, 0.717) is 6.42 Å². The first-order valence-electron chi connectivity index (χ1n) is 10.4. The van der Waals surface area contributed by atoms with Crippen molar-refractivity contribution in [1.82, 2.24) is 0 Å². The second kappa shape index (κ2) is 10.7. The smallest absolute Gasteiger partial charge is 0.302 e. The maximum absolute atomic E-state index is 12.6. The molecule has 1 heterocycles. The molecule has 2 aromatic rings. The van der Waals surface area contributed by atoms with Crippen molar-refractivity contribution in [3.05, 3.63) is 47.5 Å². The highest BCUT2D eigenvalue weighted by Gasteiger charge is 2.45. The number of Topliss-reactive ketones (excluding diaryl/α,β-unsaturated/α-hetero) is 1. The minimum Gasteiger partial charge on any atom is -0.508 e. The number of rotatable bonds is 8. The molecule has 0 spiro atoms. The Balaban J connectivity index is 1.70. The number of carbonyl (C=O) groups excluding carboxylic acids is 2. The average molecular weight is 478 g/mol. The molecule has 11 heteroatoms. The van der Waals surface area contributed by atoms with E-state index in [4.69, 9.17) is 14.2 Å². The highest BCUT2D eigenvalue weighted by Crippen LogP contribution is 2.35. The van der Waals surface area contributed by atoms with Gasteiger partial charge in [-0.25, -0.2) is 0 Å². The van der Waals surface area contributed by atoms with Gasteiger partial charge in [-0.1, -0.05) is 12.1 Å². The molecule has 0 aliphatic carbocycles. The summed E-state index contributed by atoms with van der Waals surface area (Å²) in [5.41, 5.74) is 0.456. The van der Waals surface area contributed by atoms with Crippen LogP contribution in [0.1, 0.15) is 29.3 Å². The molecule has 6 N–H and O–H groups in total. The van der Waals surface area contributed by atoms with Crippen molar-refractivity contribution < 1.29 is 54.4 Å². The van der Waals surface area contributed by atoms with Crippen LogP contribution in [0.4, 0.5) is 0 Å². The van der Waals surface area contributed by atoms with Crippen LogP contribution in [0.2, 0.25) is 0 Å². The lowest BCUT2D eigenvalue weighted by molar-refractivity contribution is -0.278. The van der Waals surface area contributed by atoms with E-state index in [1.54, 1.807) is 12.1 Å². The number of phenolic OH excluding ortho intramolecular Hbond substituents is 3. The highest BCUT2D eigenvalue weighted by atomic mass is 16.7. The SMILES string of the molecule is CC(=O)OC[C@H]1O[C@@H](Oc2cc(O)c(C(=O)CCc3ccc(O)cc3)c(O)c2)[C@H](O)[C@@H](O)[C@@H]1O. The zero-order chi connectivity index (χ0) is 25.0. The number of phenols is 3. The van der Waals surface area contributed by atoms with Crippen LogP contribution in [0.5, 0.6) is 23.0 Å². The molecule has 34 heavy (non-hydrogen) atoms. The summed E-state index contributed by atoms with van der Waals surface area (Å²) in [6, 6.07) is 8.32. The van der Waals surface area contributed by atoms with Gasteiger partial charge in [0.2, 0.25) is 6.29 Å². The van der Waals surface area contributed by atoms with Gasteiger partial charge in [-0.05, 0) is 24.1 Å². The van der Waals surface area contributed by atoms with Crippen molar-refractivity contribution in [3.63, 3.8) is 0 Å². The zero-order valence-corrected chi connectivity index (χ0v) is 18.2. The number of aliphatic hydroxyl groups is 3. The van der Waals surface area contributed by atoms with Gasteiger partial charge in [-0.15, -0.1) is 0 Å². The van der Waals surface area contributed by atoms with E-state index in [1.165, 1.54) is 12.1 Å². The Labute approximate surface area is 194 Å². The predicted octanol–water partition coefficient (Wildman–Crippen LogP) is 0.368. The standard InChI is InChI=1S/C23H26O11/c1-11(24)32-10-18-20(29)21(30)22(31)23(34-18)33-14-8-16(27)19(17(28)9-14)15(26)7-4-12-2-5-13(25)6-3-12/h2-3,5-6,8-9,18,20-23,25,27-31H,4,7,10H2,1H3/t18-,20-,21+,22-,23-/m1/s1. The number of ether oxygens (including phenoxy) is 3. The quantitative estimate of drug-likeness (QED) is 0.228. The van der Waals surface area contributed by atoms with E-state index >= 15 is 0 Å². The first kappa shape index (κ1) is 25.2. The fourth-order valence-electron chi connectivity index (χ4n) is 3.47. The lowest BCUT2D eigenvalue weighted by atomic mass is 9.99. The molecule has 184 valence electrons. The molecule has 0 aromatic heterocycles. The summed E-state index contributed by atoms with van der Waals surface area (Å²) in [4.78, 5) is 23.6. The van der Waals surface area contributed by atoms with Crippen molar-refractivity contribution >= 4 is 11.8 Å². The first-order valence-corrected chi connectivity index (χ1v) is 10.4. The van der Waals surface area contributed by atoms with Gasteiger partial charge in [0.15, 0.2) is 5.78 Å². The van der Waals surface area contributed by atoms with Gasteiger partial charge in [-0.3, -0.25) is 9.59 Å². The van der Waals surface area contributed by atoms with E-state index in [0.717, 1.165) is 24.6 Å². The molecule has 11 nitrogen and oxygen atoms in total. The number of aliphatic hydroxyl groups excluding tert-OH is 3. The molecule has 2 aromatic carbocycles. The van der Waals surface area contributed by atoms with Gasteiger partial charge in [0, 0.05) is 25.5 Å². The summed E-state index contributed by atoms with van der Waals surface area (Å²) in [7, 11) is 0. The molecule has 1 aliphatic rings. The number of aromatic hydroxyl groups is 3. The molecule has 5 atom stereocenters. The number of aryl methyl sites for hydroxylation is 1. The highest BCUT2D eigenvalue weighted by molar-refractivity contribution is 6.01.